The standard InChI is InChI=1S/C18H17Cl2NO2/c1-11-3-4-12(2)16(7-11)17(22)5-6-18(23)21-15-9-13(19)8-14(20)10-15/h3-4,7-10H,5-6H2,1-2H3,(H,21,23). The zero-order valence-electron chi connectivity index (χ0n) is 13.0. The molecule has 120 valence electrons. The van der Waals surface area contributed by atoms with Crippen molar-refractivity contribution in [3.63, 3.8) is 0 Å². The summed E-state index contributed by atoms with van der Waals surface area (Å²) in [7, 11) is 0. The van der Waals surface area contributed by atoms with Crippen molar-refractivity contribution in [1.29, 1.82) is 0 Å². The predicted molar refractivity (Wildman–Crippen MR) is 94.6 cm³/mol. The van der Waals surface area contributed by atoms with E-state index in [1.54, 1.807) is 18.2 Å². The molecule has 0 saturated carbocycles. The summed E-state index contributed by atoms with van der Waals surface area (Å²) < 4.78 is 0. The quantitative estimate of drug-likeness (QED) is 0.752. The van der Waals surface area contributed by atoms with Gasteiger partial charge in [-0.05, 0) is 43.7 Å². The summed E-state index contributed by atoms with van der Waals surface area (Å²) in [4.78, 5) is 24.2. The van der Waals surface area contributed by atoms with E-state index in [0.717, 1.165) is 11.1 Å². The molecule has 0 fully saturated rings. The van der Waals surface area contributed by atoms with E-state index in [0.29, 0.717) is 21.3 Å². The van der Waals surface area contributed by atoms with Gasteiger partial charge in [0.1, 0.15) is 0 Å². The van der Waals surface area contributed by atoms with Gasteiger partial charge < -0.3 is 5.32 Å². The third-order valence-electron chi connectivity index (χ3n) is 3.42. The third-order valence-corrected chi connectivity index (χ3v) is 3.86. The average molecular weight is 350 g/mol. The number of aryl methyl sites for hydroxylation is 2. The second kappa shape index (κ2) is 7.62. The zero-order chi connectivity index (χ0) is 17.0. The monoisotopic (exact) mass is 349 g/mol. The minimum atomic E-state index is -0.248. The highest BCUT2D eigenvalue weighted by Gasteiger charge is 2.12. The van der Waals surface area contributed by atoms with Crippen molar-refractivity contribution in [1.82, 2.24) is 0 Å². The van der Waals surface area contributed by atoms with E-state index >= 15 is 0 Å². The first-order valence-corrected chi connectivity index (χ1v) is 7.97. The number of anilines is 1. The molecule has 5 heteroatoms. The van der Waals surface area contributed by atoms with Crippen LogP contribution in [0.2, 0.25) is 10.0 Å². The fourth-order valence-corrected chi connectivity index (χ4v) is 2.77. The van der Waals surface area contributed by atoms with E-state index in [9.17, 15) is 9.59 Å². The van der Waals surface area contributed by atoms with E-state index < -0.39 is 0 Å². The van der Waals surface area contributed by atoms with Crippen molar-refractivity contribution in [2.75, 3.05) is 5.32 Å². The van der Waals surface area contributed by atoms with Crippen LogP contribution in [0.5, 0.6) is 0 Å². The Hall–Kier alpha value is -1.84. The number of carbonyl (C=O) groups is 2. The molecule has 2 rings (SSSR count). The number of carbonyl (C=O) groups excluding carboxylic acids is 2. The van der Waals surface area contributed by atoms with Crippen LogP contribution in [-0.4, -0.2) is 11.7 Å². The second-order valence-corrected chi connectivity index (χ2v) is 6.32. The normalized spacial score (nSPS) is 10.4. The van der Waals surface area contributed by atoms with Crippen molar-refractivity contribution >= 4 is 40.6 Å². The number of rotatable bonds is 5. The highest BCUT2D eigenvalue weighted by molar-refractivity contribution is 6.35. The molecule has 0 spiro atoms. The first-order chi connectivity index (χ1) is 10.8. The van der Waals surface area contributed by atoms with Gasteiger partial charge in [0.2, 0.25) is 5.91 Å². The van der Waals surface area contributed by atoms with Gasteiger partial charge in [0.05, 0.1) is 0 Å². The van der Waals surface area contributed by atoms with Gasteiger partial charge in [-0.25, -0.2) is 0 Å². The van der Waals surface area contributed by atoms with Crippen LogP contribution in [0.1, 0.15) is 34.3 Å². The molecule has 0 aliphatic heterocycles. The van der Waals surface area contributed by atoms with Crippen molar-refractivity contribution < 1.29 is 9.59 Å². The van der Waals surface area contributed by atoms with Crippen LogP contribution in [0, 0.1) is 13.8 Å². The van der Waals surface area contributed by atoms with Crippen LogP contribution in [0.3, 0.4) is 0 Å². The molecule has 0 heterocycles. The van der Waals surface area contributed by atoms with Crippen LogP contribution in [0.25, 0.3) is 0 Å². The Morgan fingerprint density at radius 3 is 2.26 bits per heavy atom. The van der Waals surface area contributed by atoms with Crippen LogP contribution >= 0.6 is 23.2 Å². The zero-order valence-corrected chi connectivity index (χ0v) is 14.5. The molecule has 2 aromatic carbocycles. The number of amides is 1. The number of ketones is 1. The topological polar surface area (TPSA) is 46.2 Å². The smallest absolute Gasteiger partial charge is 0.224 e. The maximum Gasteiger partial charge on any atom is 0.224 e. The summed E-state index contributed by atoms with van der Waals surface area (Å²) in [6.45, 7) is 3.83. The van der Waals surface area contributed by atoms with Gasteiger partial charge in [0.25, 0.3) is 0 Å². The predicted octanol–water partition coefficient (Wildman–Crippen LogP) is 5.21. The number of benzene rings is 2. The van der Waals surface area contributed by atoms with Crippen molar-refractivity contribution in [3.8, 4) is 0 Å². The molecule has 23 heavy (non-hydrogen) atoms. The minimum absolute atomic E-state index is 0.0366. The van der Waals surface area contributed by atoms with Crippen LogP contribution in [0.15, 0.2) is 36.4 Å². The molecule has 1 amide bonds. The fraction of sp³-hybridized carbons (Fsp3) is 0.222. The summed E-state index contributed by atoms with van der Waals surface area (Å²) in [5.74, 6) is -0.285. The highest BCUT2D eigenvalue weighted by atomic mass is 35.5. The van der Waals surface area contributed by atoms with E-state index in [4.69, 9.17) is 23.2 Å². The number of halogens is 2. The van der Waals surface area contributed by atoms with Gasteiger partial charge in [0.15, 0.2) is 5.78 Å². The van der Waals surface area contributed by atoms with Gasteiger partial charge in [-0.2, -0.15) is 0 Å². The van der Waals surface area contributed by atoms with Gasteiger partial charge in [0, 0.05) is 34.1 Å². The van der Waals surface area contributed by atoms with E-state index in [-0.39, 0.29) is 24.5 Å². The van der Waals surface area contributed by atoms with Crippen LogP contribution in [0.4, 0.5) is 5.69 Å². The average Bonchev–Trinajstić information content (AvgIpc) is 2.46. The summed E-state index contributed by atoms with van der Waals surface area (Å²) in [5.41, 5.74) is 3.13. The van der Waals surface area contributed by atoms with Gasteiger partial charge in [-0.3, -0.25) is 9.59 Å². The molecule has 2 aromatic rings. The molecular weight excluding hydrogens is 333 g/mol. The van der Waals surface area contributed by atoms with Gasteiger partial charge in [-0.1, -0.05) is 40.9 Å². The van der Waals surface area contributed by atoms with Crippen molar-refractivity contribution in [2.24, 2.45) is 0 Å². The maximum atomic E-state index is 12.3. The Morgan fingerprint density at radius 1 is 0.957 bits per heavy atom. The highest BCUT2D eigenvalue weighted by Crippen LogP contribution is 2.22. The SMILES string of the molecule is Cc1ccc(C)c(C(=O)CCC(=O)Nc2cc(Cl)cc(Cl)c2)c1. The van der Waals surface area contributed by atoms with E-state index in [2.05, 4.69) is 5.32 Å². The summed E-state index contributed by atoms with van der Waals surface area (Å²) in [6.07, 6.45) is 0.265. The largest absolute Gasteiger partial charge is 0.326 e. The number of Topliss-reactive ketones (excluding diaryl/α,β-unsaturated/α-hetero) is 1. The first-order valence-electron chi connectivity index (χ1n) is 7.21. The molecule has 0 bridgehead atoms. The van der Waals surface area contributed by atoms with Crippen LogP contribution in [-0.2, 0) is 4.79 Å². The fourth-order valence-electron chi connectivity index (χ4n) is 2.25. The Bertz CT molecular complexity index is 736. The second-order valence-electron chi connectivity index (χ2n) is 5.45. The lowest BCUT2D eigenvalue weighted by atomic mass is 9.99. The van der Waals surface area contributed by atoms with Crippen molar-refractivity contribution in [3.05, 3.63) is 63.1 Å². The summed E-state index contributed by atoms with van der Waals surface area (Å²) in [6, 6.07) is 10.5. The molecule has 0 aliphatic carbocycles. The maximum absolute atomic E-state index is 12.3. The van der Waals surface area contributed by atoms with E-state index in [1.165, 1.54) is 0 Å². The Morgan fingerprint density at radius 2 is 1.61 bits per heavy atom. The van der Waals surface area contributed by atoms with E-state index in [1.807, 2.05) is 32.0 Å². The van der Waals surface area contributed by atoms with Gasteiger partial charge in [-0.15, -0.1) is 0 Å². The molecule has 0 aromatic heterocycles. The molecule has 1 N–H and O–H groups in total. The summed E-state index contributed by atoms with van der Waals surface area (Å²) >= 11 is 11.8. The number of hydrogen-bond donors (Lipinski definition) is 1. The number of hydrogen-bond acceptors (Lipinski definition) is 2. The first kappa shape index (κ1) is 17.5. The molecule has 0 unspecified atom stereocenters. The Balaban J connectivity index is 1.96. The molecule has 0 radical (unpaired) electrons. The molecule has 3 nitrogen and oxygen atoms in total. The lowest BCUT2D eigenvalue weighted by Crippen LogP contribution is -2.14. The Kier molecular flexibility index (Phi) is 5.80. The molecular formula is C18H17Cl2NO2. The van der Waals surface area contributed by atoms with Crippen LogP contribution < -0.4 is 5.32 Å². The lowest BCUT2D eigenvalue weighted by molar-refractivity contribution is -0.116. The number of nitrogens with one attached hydrogen (secondary N) is 1. The summed E-state index contributed by atoms with van der Waals surface area (Å²) in [5, 5.41) is 3.58. The van der Waals surface area contributed by atoms with Crippen molar-refractivity contribution in [2.45, 2.75) is 26.7 Å². The molecule has 0 saturated heterocycles. The lowest BCUT2D eigenvalue weighted by Gasteiger charge is -2.08. The Labute approximate surface area is 145 Å². The molecule has 0 atom stereocenters. The third kappa shape index (κ3) is 5.08. The van der Waals surface area contributed by atoms with Gasteiger partial charge >= 0.3 is 0 Å². The molecule has 0 aliphatic rings. The minimum Gasteiger partial charge on any atom is -0.326 e.